The predicted molar refractivity (Wildman–Crippen MR) is 94.3 cm³/mol. The molecule has 6 heteroatoms. The fourth-order valence-electron chi connectivity index (χ4n) is 4.73. The number of hydrogen-bond donors (Lipinski definition) is 2. The Morgan fingerprint density at radius 2 is 1.74 bits per heavy atom. The van der Waals surface area contributed by atoms with Gasteiger partial charge in [-0.25, -0.2) is 0 Å². The highest BCUT2D eigenvalue weighted by Gasteiger charge is 2.58. The minimum absolute atomic E-state index is 0.0102. The molecular formula is C17H28Cl2N2O2. The zero-order chi connectivity index (χ0) is 16.8. The van der Waals surface area contributed by atoms with Crippen LogP contribution in [0.3, 0.4) is 0 Å². The van der Waals surface area contributed by atoms with E-state index >= 15 is 0 Å². The molecule has 3 N–H and O–H groups in total. The number of nitrogens with two attached hydrogens (primary N) is 1. The summed E-state index contributed by atoms with van der Waals surface area (Å²) < 4.78 is 6.12. The molecule has 0 aromatic heterocycles. The van der Waals surface area contributed by atoms with E-state index in [9.17, 15) is 5.11 Å². The molecule has 7 atom stereocenters. The maximum Gasteiger partial charge on any atom is 0.131 e. The molecule has 0 aromatic rings. The van der Waals surface area contributed by atoms with Crippen LogP contribution in [0.2, 0.25) is 0 Å². The van der Waals surface area contributed by atoms with Crippen LogP contribution in [0.25, 0.3) is 0 Å². The summed E-state index contributed by atoms with van der Waals surface area (Å²) in [5.41, 5.74) is 5.11. The lowest BCUT2D eigenvalue weighted by Crippen LogP contribution is -2.60. The Hall–Kier alpha value is -0.0300. The van der Waals surface area contributed by atoms with Crippen molar-refractivity contribution in [2.75, 3.05) is 0 Å². The van der Waals surface area contributed by atoms with Crippen molar-refractivity contribution in [3.05, 3.63) is 0 Å². The number of ether oxygens (including phenoxy) is 1. The van der Waals surface area contributed by atoms with E-state index in [2.05, 4.69) is 4.99 Å². The number of aliphatic imine (C=N–C) groups is 1. The zero-order valence-electron chi connectivity index (χ0n) is 13.9. The van der Waals surface area contributed by atoms with Crippen molar-refractivity contribution in [3.8, 4) is 0 Å². The van der Waals surface area contributed by atoms with Crippen LogP contribution in [0.4, 0.5) is 0 Å². The highest BCUT2D eigenvalue weighted by atomic mass is 35.5. The number of alkyl halides is 2. The number of rotatable bonds is 3. The molecule has 2 aliphatic carbocycles. The average Bonchev–Trinajstić information content (AvgIpc) is 2.73. The van der Waals surface area contributed by atoms with E-state index in [0.717, 1.165) is 32.1 Å². The minimum atomic E-state index is -1.13. The van der Waals surface area contributed by atoms with Crippen molar-refractivity contribution in [1.29, 1.82) is 0 Å². The molecule has 0 saturated heterocycles. The van der Waals surface area contributed by atoms with Gasteiger partial charge in [-0.3, -0.25) is 4.99 Å². The first kappa shape index (κ1) is 17.8. The SMILES string of the molecule is CC(C)OC1CCC(Cl)CC1C1(O)C(N)=NC2CCC(Cl)CC21. The van der Waals surface area contributed by atoms with E-state index in [4.69, 9.17) is 33.7 Å². The Morgan fingerprint density at radius 1 is 1.13 bits per heavy atom. The second kappa shape index (κ2) is 6.70. The molecule has 3 rings (SSSR count). The fraction of sp³-hybridized carbons (Fsp3) is 0.941. The van der Waals surface area contributed by atoms with Crippen LogP contribution in [-0.2, 0) is 4.74 Å². The monoisotopic (exact) mass is 362 g/mol. The molecule has 0 spiro atoms. The van der Waals surface area contributed by atoms with Crippen molar-refractivity contribution in [2.24, 2.45) is 22.6 Å². The molecule has 2 saturated carbocycles. The highest BCUT2D eigenvalue weighted by molar-refractivity contribution is 6.21. The van der Waals surface area contributed by atoms with Gasteiger partial charge in [-0.1, -0.05) is 0 Å². The fourth-order valence-corrected chi connectivity index (χ4v) is 5.37. The van der Waals surface area contributed by atoms with Crippen molar-refractivity contribution in [3.63, 3.8) is 0 Å². The minimum Gasteiger partial charge on any atom is -0.385 e. The summed E-state index contributed by atoms with van der Waals surface area (Å²) in [5, 5.41) is 11.8. The third kappa shape index (κ3) is 3.24. The van der Waals surface area contributed by atoms with Gasteiger partial charge < -0.3 is 15.6 Å². The lowest BCUT2D eigenvalue weighted by atomic mass is 9.65. The van der Waals surface area contributed by atoms with Crippen LogP contribution in [-0.4, -0.2) is 45.5 Å². The molecule has 0 amide bonds. The Morgan fingerprint density at radius 3 is 2.39 bits per heavy atom. The molecule has 2 fully saturated rings. The third-order valence-corrected chi connectivity index (χ3v) is 6.56. The van der Waals surface area contributed by atoms with Crippen LogP contribution in [0.15, 0.2) is 4.99 Å². The van der Waals surface area contributed by atoms with E-state index in [-0.39, 0.29) is 40.8 Å². The maximum absolute atomic E-state index is 11.6. The summed E-state index contributed by atoms with van der Waals surface area (Å²) in [5.74, 6) is 0.247. The summed E-state index contributed by atoms with van der Waals surface area (Å²) >= 11 is 12.8. The van der Waals surface area contributed by atoms with Gasteiger partial charge in [0.2, 0.25) is 0 Å². The topological polar surface area (TPSA) is 67.8 Å². The molecule has 23 heavy (non-hydrogen) atoms. The van der Waals surface area contributed by atoms with Crippen molar-refractivity contribution >= 4 is 29.0 Å². The lowest BCUT2D eigenvalue weighted by molar-refractivity contribution is -0.119. The molecule has 132 valence electrons. The van der Waals surface area contributed by atoms with Gasteiger partial charge in [0.25, 0.3) is 0 Å². The molecule has 1 aliphatic heterocycles. The zero-order valence-corrected chi connectivity index (χ0v) is 15.4. The summed E-state index contributed by atoms with van der Waals surface area (Å²) in [6.07, 6.45) is 5.15. The van der Waals surface area contributed by atoms with Crippen LogP contribution in [0.5, 0.6) is 0 Å². The Bertz CT molecular complexity index is 474. The van der Waals surface area contributed by atoms with Gasteiger partial charge in [0.1, 0.15) is 11.4 Å². The molecule has 7 unspecified atom stereocenters. The molecule has 0 bridgehead atoms. The van der Waals surface area contributed by atoms with Gasteiger partial charge in [-0.05, 0) is 52.4 Å². The van der Waals surface area contributed by atoms with Crippen LogP contribution >= 0.6 is 23.2 Å². The lowest BCUT2D eigenvalue weighted by Gasteiger charge is -2.47. The molecule has 3 aliphatic rings. The third-order valence-electron chi connectivity index (χ3n) is 5.77. The van der Waals surface area contributed by atoms with Gasteiger partial charge in [0.15, 0.2) is 0 Å². The smallest absolute Gasteiger partial charge is 0.131 e. The Labute approximate surface area is 148 Å². The first-order chi connectivity index (χ1) is 10.8. The largest absolute Gasteiger partial charge is 0.385 e. The molecule has 0 radical (unpaired) electrons. The van der Waals surface area contributed by atoms with Crippen LogP contribution in [0, 0.1) is 11.8 Å². The van der Waals surface area contributed by atoms with E-state index in [1.54, 1.807) is 0 Å². The van der Waals surface area contributed by atoms with E-state index in [1.165, 1.54) is 0 Å². The Balaban J connectivity index is 1.90. The predicted octanol–water partition coefficient (Wildman–Crippen LogP) is 3.07. The molecular weight excluding hydrogens is 335 g/mol. The van der Waals surface area contributed by atoms with Crippen molar-refractivity contribution in [1.82, 2.24) is 0 Å². The van der Waals surface area contributed by atoms with E-state index in [0.29, 0.717) is 12.3 Å². The highest BCUT2D eigenvalue weighted by Crippen LogP contribution is 2.49. The van der Waals surface area contributed by atoms with Crippen LogP contribution < -0.4 is 5.73 Å². The second-order valence-corrected chi connectivity index (χ2v) is 8.90. The molecule has 0 aromatic carbocycles. The molecule has 4 nitrogen and oxygen atoms in total. The number of hydrogen-bond acceptors (Lipinski definition) is 4. The second-order valence-electron chi connectivity index (χ2n) is 7.66. The standard InChI is InChI=1S/C17H28Cl2N2O2/c1-9(2)23-15-6-4-11(19)8-13(15)17(22)12-7-10(18)3-5-14(12)21-16(17)20/h9-15,22H,3-8H2,1-2H3,(H2,20,21). The summed E-state index contributed by atoms with van der Waals surface area (Å²) in [6, 6.07) is 0.0883. The first-order valence-electron chi connectivity index (χ1n) is 8.82. The van der Waals surface area contributed by atoms with Gasteiger partial charge in [-0.2, -0.15) is 0 Å². The molecule has 1 heterocycles. The quantitative estimate of drug-likeness (QED) is 0.758. The van der Waals surface area contributed by atoms with E-state index < -0.39 is 5.60 Å². The van der Waals surface area contributed by atoms with Gasteiger partial charge in [-0.15, -0.1) is 23.2 Å². The number of aliphatic hydroxyl groups is 1. The maximum atomic E-state index is 11.6. The number of nitrogens with zero attached hydrogens (tertiary/aromatic N) is 1. The van der Waals surface area contributed by atoms with Gasteiger partial charge in [0, 0.05) is 22.6 Å². The van der Waals surface area contributed by atoms with Gasteiger partial charge >= 0.3 is 0 Å². The number of fused-ring (bicyclic) bond motifs is 1. The van der Waals surface area contributed by atoms with Gasteiger partial charge in [0.05, 0.1) is 18.2 Å². The summed E-state index contributed by atoms with van der Waals surface area (Å²) in [6.45, 7) is 4.05. The van der Waals surface area contributed by atoms with Crippen molar-refractivity contribution < 1.29 is 9.84 Å². The summed E-state index contributed by atoms with van der Waals surface area (Å²) in [4.78, 5) is 4.60. The Kier molecular flexibility index (Phi) is 5.18. The first-order valence-corrected chi connectivity index (χ1v) is 9.69. The summed E-state index contributed by atoms with van der Waals surface area (Å²) in [7, 11) is 0. The number of halogens is 2. The van der Waals surface area contributed by atoms with Crippen molar-refractivity contribution in [2.45, 2.75) is 87.0 Å². The average molecular weight is 363 g/mol. The van der Waals surface area contributed by atoms with E-state index in [1.807, 2.05) is 13.8 Å². The van der Waals surface area contributed by atoms with Crippen LogP contribution in [0.1, 0.15) is 52.4 Å². The normalized spacial score (nSPS) is 47.5. The number of amidine groups is 1.